The van der Waals surface area contributed by atoms with Crippen molar-refractivity contribution in [2.75, 3.05) is 11.9 Å². The van der Waals surface area contributed by atoms with Crippen molar-refractivity contribution in [2.45, 2.75) is 71.6 Å². The molecule has 1 aromatic heterocycles. The Morgan fingerprint density at radius 1 is 1.05 bits per heavy atom. The number of aryl methyl sites for hydroxylation is 1. The van der Waals surface area contributed by atoms with Crippen LogP contribution < -0.4 is 14.8 Å². The summed E-state index contributed by atoms with van der Waals surface area (Å²) in [5.74, 6) is 1.52. The lowest BCUT2D eigenvalue weighted by molar-refractivity contribution is -0.146. The first kappa shape index (κ1) is 24.9. The highest BCUT2D eigenvalue weighted by atomic mass is 16.5. The molecule has 5 rings (SSSR count). The fourth-order valence-electron chi connectivity index (χ4n) is 5.07. The molecule has 0 saturated heterocycles. The first-order valence-electron chi connectivity index (χ1n) is 13.1. The van der Waals surface area contributed by atoms with Crippen molar-refractivity contribution >= 4 is 11.9 Å². The molecule has 0 amide bonds. The Morgan fingerprint density at radius 3 is 2.65 bits per heavy atom. The quantitative estimate of drug-likeness (QED) is 0.394. The van der Waals surface area contributed by atoms with Crippen molar-refractivity contribution in [1.29, 1.82) is 0 Å². The Balaban J connectivity index is 1.46. The molecule has 1 saturated carbocycles. The summed E-state index contributed by atoms with van der Waals surface area (Å²) in [4.78, 5) is 17.9. The van der Waals surface area contributed by atoms with Crippen LogP contribution in [0.5, 0.6) is 11.5 Å². The molecule has 0 spiro atoms. The average molecular weight is 503 g/mol. The molecule has 0 radical (unpaired) electrons. The molecular weight excluding hydrogens is 468 g/mol. The van der Waals surface area contributed by atoms with Gasteiger partial charge in [-0.1, -0.05) is 36.8 Å². The molecule has 8 nitrogen and oxygen atoms in total. The summed E-state index contributed by atoms with van der Waals surface area (Å²) in [5, 5.41) is 7.66. The summed E-state index contributed by atoms with van der Waals surface area (Å²) in [6.07, 6.45) is 6.63. The number of hydrogen-bond donors (Lipinski definition) is 1. The summed E-state index contributed by atoms with van der Waals surface area (Å²) in [5.41, 5.74) is 4.37. The second-order valence-electron chi connectivity index (χ2n) is 9.61. The summed E-state index contributed by atoms with van der Waals surface area (Å²) in [6, 6.07) is 13.4. The molecule has 1 unspecified atom stereocenters. The molecule has 1 N–H and O–H groups in total. The summed E-state index contributed by atoms with van der Waals surface area (Å²) in [6.45, 7) is 6.81. The molecule has 2 aliphatic rings. The van der Waals surface area contributed by atoms with Crippen LogP contribution in [0.25, 0.3) is 0 Å². The normalized spacial score (nSPS) is 17.6. The SMILES string of the molecule is CCOc1cc(C2C(C(=O)OC3CCCCC3)=C(C)Nc3ncnn32)ccc1OCc1ccccc1C. The number of anilines is 1. The van der Waals surface area contributed by atoms with Crippen molar-refractivity contribution in [3.8, 4) is 11.5 Å². The zero-order valence-electron chi connectivity index (χ0n) is 21.7. The minimum absolute atomic E-state index is 0.0458. The number of hydrogen-bond acceptors (Lipinski definition) is 7. The standard InChI is InChI=1S/C29H34N4O4/c1-4-35-25-16-21(14-15-24(25)36-17-22-11-9-8-10-19(22)2)27-26(20(3)32-29-30-18-31-33(27)29)28(34)37-23-12-6-5-7-13-23/h8-11,14-16,18,23,27H,4-7,12-13,17H2,1-3H3,(H,30,31,32). The largest absolute Gasteiger partial charge is 0.490 e. The van der Waals surface area contributed by atoms with Crippen LogP contribution in [0.2, 0.25) is 0 Å². The number of carbonyl (C=O) groups excluding carboxylic acids is 1. The van der Waals surface area contributed by atoms with Gasteiger partial charge in [0.15, 0.2) is 11.5 Å². The maximum Gasteiger partial charge on any atom is 0.338 e. The maximum absolute atomic E-state index is 13.5. The van der Waals surface area contributed by atoms with E-state index in [-0.39, 0.29) is 12.1 Å². The number of esters is 1. The molecule has 1 atom stereocenters. The summed E-state index contributed by atoms with van der Waals surface area (Å²) < 4.78 is 19.9. The van der Waals surface area contributed by atoms with Crippen LogP contribution in [0.4, 0.5) is 5.95 Å². The topological polar surface area (TPSA) is 87.5 Å². The lowest BCUT2D eigenvalue weighted by Gasteiger charge is -2.30. The molecule has 1 fully saturated rings. The van der Waals surface area contributed by atoms with E-state index in [0.717, 1.165) is 36.8 Å². The molecule has 1 aliphatic heterocycles. The lowest BCUT2D eigenvalue weighted by Crippen LogP contribution is -2.32. The van der Waals surface area contributed by atoms with Crippen LogP contribution in [0.1, 0.15) is 68.7 Å². The number of nitrogens with one attached hydrogen (secondary N) is 1. The van der Waals surface area contributed by atoms with Gasteiger partial charge in [-0.3, -0.25) is 0 Å². The molecule has 3 aromatic rings. The molecule has 1 aliphatic carbocycles. The van der Waals surface area contributed by atoms with Gasteiger partial charge < -0.3 is 19.5 Å². The van der Waals surface area contributed by atoms with Gasteiger partial charge in [0.2, 0.25) is 5.95 Å². The number of aromatic nitrogens is 3. The molecule has 37 heavy (non-hydrogen) atoms. The van der Waals surface area contributed by atoms with Gasteiger partial charge in [0.05, 0.1) is 12.2 Å². The third-order valence-electron chi connectivity index (χ3n) is 7.07. The van der Waals surface area contributed by atoms with E-state index in [1.165, 1.54) is 18.3 Å². The zero-order chi connectivity index (χ0) is 25.8. The van der Waals surface area contributed by atoms with Crippen LogP contribution in [0.3, 0.4) is 0 Å². The second-order valence-corrected chi connectivity index (χ2v) is 9.61. The maximum atomic E-state index is 13.5. The van der Waals surface area contributed by atoms with Crippen molar-refractivity contribution in [2.24, 2.45) is 0 Å². The van der Waals surface area contributed by atoms with E-state index in [9.17, 15) is 4.79 Å². The third-order valence-corrected chi connectivity index (χ3v) is 7.07. The predicted molar refractivity (Wildman–Crippen MR) is 141 cm³/mol. The Morgan fingerprint density at radius 2 is 1.86 bits per heavy atom. The van der Waals surface area contributed by atoms with E-state index in [2.05, 4.69) is 34.5 Å². The number of nitrogens with zero attached hydrogens (tertiary/aromatic N) is 3. The van der Waals surface area contributed by atoms with Crippen molar-refractivity contribution in [1.82, 2.24) is 14.8 Å². The van der Waals surface area contributed by atoms with Gasteiger partial charge in [-0.05, 0) is 75.3 Å². The Hall–Kier alpha value is -3.81. The Labute approximate surface area is 217 Å². The zero-order valence-corrected chi connectivity index (χ0v) is 21.7. The monoisotopic (exact) mass is 502 g/mol. The first-order valence-corrected chi connectivity index (χ1v) is 13.1. The predicted octanol–water partition coefficient (Wildman–Crippen LogP) is 5.73. The van der Waals surface area contributed by atoms with E-state index in [0.29, 0.717) is 41.9 Å². The number of fused-ring (bicyclic) bond motifs is 1. The van der Waals surface area contributed by atoms with Gasteiger partial charge in [-0.15, -0.1) is 0 Å². The number of allylic oxidation sites excluding steroid dienone is 1. The number of rotatable bonds is 8. The Bertz CT molecular complexity index is 1290. The summed E-state index contributed by atoms with van der Waals surface area (Å²) >= 11 is 0. The second kappa shape index (κ2) is 11.1. The summed E-state index contributed by atoms with van der Waals surface area (Å²) in [7, 11) is 0. The minimum Gasteiger partial charge on any atom is -0.490 e. The van der Waals surface area contributed by atoms with Gasteiger partial charge in [0.1, 0.15) is 25.1 Å². The number of ether oxygens (including phenoxy) is 3. The number of carbonyl (C=O) groups is 1. The van der Waals surface area contributed by atoms with Crippen LogP contribution in [-0.2, 0) is 16.1 Å². The van der Waals surface area contributed by atoms with Crippen LogP contribution in [0.15, 0.2) is 60.1 Å². The molecule has 0 bridgehead atoms. The van der Waals surface area contributed by atoms with Crippen molar-refractivity contribution in [3.63, 3.8) is 0 Å². The van der Waals surface area contributed by atoms with Crippen molar-refractivity contribution in [3.05, 3.63) is 76.8 Å². The van der Waals surface area contributed by atoms with Crippen LogP contribution in [-0.4, -0.2) is 33.4 Å². The van der Waals surface area contributed by atoms with E-state index >= 15 is 0 Å². The number of benzene rings is 2. The van der Waals surface area contributed by atoms with E-state index in [1.54, 1.807) is 4.68 Å². The van der Waals surface area contributed by atoms with Crippen molar-refractivity contribution < 1.29 is 19.0 Å². The van der Waals surface area contributed by atoms with Gasteiger partial charge >= 0.3 is 5.97 Å². The fourth-order valence-corrected chi connectivity index (χ4v) is 5.07. The molecule has 2 aromatic carbocycles. The average Bonchev–Trinajstić information content (AvgIpc) is 3.36. The smallest absolute Gasteiger partial charge is 0.338 e. The lowest BCUT2D eigenvalue weighted by atomic mass is 9.94. The molecule has 2 heterocycles. The molecule has 194 valence electrons. The first-order chi connectivity index (χ1) is 18.0. The van der Waals surface area contributed by atoms with Gasteiger partial charge in [-0.25, -0.2) is 9.48 Å². The van der Waals surface area contributed by atoms with Gasteiger partial charge in [0.25, 0.3) is 0 Å². The van der Waals surface area contributed by atoms with Gasteiger partial charge in [0, 0.05) is 5.70 Å². The third kappa shape index (κ3) is 5.33. The van der Waals surface area contributed by atoms with E-state index in [4.69, 9.17) is 14.2 Å². The molecular formula is C29H34N4O4. The molecule has 8 heteroatoms. The van der Waals surface area contributed by atoms with Crippen LogP contribution in [0, 0.1) is 6.92 Å². The highest BCUT2D eigenvalue weighted by Crippen LogP contribution is 2.39. The highest BCUT2D eigenvalue weighted by molar-refractivity contribution is 5.92. The fraction of sp³-hybridized carbons (Fsp3) is 0.414. The minimum atomic E-state index is -0.500. The van der Waals surface area contributed by atoms with E-state index < -0.39 is 6.04 Å². The van der Waals surface area contributed by atoms with E-state index in [1.807, 2.05) is 44.2 Å². The highest BCUT2D eigenvalue weighted by Gasteiger charge is 2.36. The Kier molecular flexibility index (Phi) is 7.44. The van der Waals surface area contributed by atoms with Crippen LogP contribution >= 0.6 is 0 Å². The van der Waals surface area contributed by atoms with Gasteiger partial charge in [-0.2, -0.15) is 10.1 Å².